The highest BCUT2D eigenvalue weighted by atomic mass is 19.1. The van der Waals surface area contributed by atoms with E-state index in [4.69, 9.17) is 6.11 Å². The van der Waals surface area contributed by atoms with Gasteiger partial charge in [0.05, 0.1) is 13.7 Å². The van der Waals surface area contributed by atoms with Crippen LogP contribution in [-0.4, -0.2) is 23.9 Å². The maximum Gasteiger partial charge on any atom is 0.189 e. The summed E-state index contributed by atoms with van der Waals surface area (Å²) in [4.78, 5) is 15.6. The highest BCUT2D eigenvalue weighted by Crippen LogP contribution is 2.36. The molecular formula is C21H19FN2O2. The normalized spacial score (nSPS) is 23.3. The summed E-state index contributed by atoms with van der Waals surface area (Å²) in [6, 6.07) is 9.50. The number of nitrogens with one attached hydrogen (secondary N) is 2. The number of hydrogen-bond acceptors (Lipinski definition) is 3. The first kappa shape index (κ1) is 14.6. The van der Waals surface area contributed by atoms with Gasteiger partial charge in [-0.1, -0.05) is 24.3 Å². The van der Waals surface area contributed by atoms with Gasteiger partial charge in [0, 0.05) is 39.2 Å². The van der Waals surface area contributed by atoms with Crippen molar-refractivity contribution in [1.29, 1.82) is 0 Å². The zero-order valence-corrected chi connectivity index (χ0v) is 14.2. The number of rotatable bonds is 2. The summed E-state index contributed by atoms with van der Waals surface area (Å²) in [6.07, 6.45) is 1.46. The third kappa shape index (κ3) is 2.39. The van der Waals surface area contributed by atoms with Crippen LogP contribution in [-0.2, 0) is 11.3 Å². The van der Waals surface area contributed by atoms with Crippen molar-refractivity contribution in [3.05, 3.63) is 58.9 Å². The number of carbonyl (C=O) groups excluding carboxylic acids is 1. The quantitative estimate of drug-likeness (QED) is 0.730. The van der Waals surface area contributed by atoms with Crippen molar-refractivity contribution in [2.24, 2.45) is 0 Å². The predicted octanol–water partition coefficient (Wildman–Crippen LogP) is 4.11. The second-order valence-electron chi connectivity index (χ2n) is 6.83. The molecule has 2 aromatic carbocycles. The Balaban J connectivity index is 1.66. The molecule has 0 amide bonds. The van der Waals surface area contributed by atoms with Crippen LogP contribution >= 0.6 is 0 Å². The first-order valence-corrected chi connectivity index (χ1v) is 8.87. The second kappa shape index (κ2) is 6.04. The van der Waals surface area contributed by atoms with Gasteiger partial charge in [0.1, 0.15) is 12.4 Å². The van der Waals surface area contributed by atoms with Crippen LogP contribution in [0.5, 0.6) is 0 Å². The summed E-state index contributed by atoms with van der Waals surface area (Å²) < 4.78 is 28.9. The van der Waals surface area contributed by atoms with E-state index in [0.717, 1.165) is 35.1 Å². The first-order valence-electron chi connectivity index (χ1n) is 9.37. The summed E-state index contributed by atoms with van der Waals surface area (Å²) >= 11 is 0. The lowest BCUT2D eigenvalue weighted by molar-refractivity contribution is 0.0742. The van der Waals surface area contributed by atoms with Crippen LogP contribution in [0.2, 0.25) is 0 Å². The van der Waals surface area contributed by atoms with Crippen LogP contribution in [0.3, 0.4) is 0 Å². The third-order valence-electron chi connectivity index (χ3n) is 5.23. The molecule has 1 fully saturated rings. The number of halogens is 1. The summed E-state index contributed by atoms with van der Waals surface area (Å²) in [7, 11) is 0. The lowest BCUT2D eigenvalue weighted by atomic mass is 9.98. The summed E-state index contributed by atoms with van der Waals surface area (Å²) in [5, 5.41) is 3.94. The Morgan fingerprint density at radius 3 is 2.96 bits per heavy atom. The Kier molecular flexibility index (Phi) is 3.40. The van der Waals surface area contributed by atoms with Crippen molar-refractivity contribution in [3.8, 4) is 11.3 Å². The van der Waals surface area contributed by atoms with Crippen molar-refractivity contribution in [1.82, 2.24) is 10.3 Å². The second-order valence-corrected chi connectivity index (χ2v) is 6.83. The smallest absolute Gasteiger partial charge is 0.189 e. The van der Waals surface area contributed by atoms with Gasteiger partial charge in [-0.25, -0.2) is 4.39 Å². The maximum atomic E-state index is 14.9. The van der Waals surface area contributed by atoms with E-state index in [1.54, 1.807) is 12.1 Å². The molecule has 26 heavy (non-hydrogen) atoms. The molecule has 1 aromatic heterocycles. The van der Waals surface area contributed by atoms with Crippen molar-refractivity contribution >= 4 is 16.7 Å². The number of ether oxygens (including phenoxy) is 1. The van der Waals surface area contributed by atoms with E-state index < -0.39 is 11.8 Å². The van der Waals surface area contributed by atoms with E-state index >= 15 is 0 Å². The molecule has 2 aliphatic rings. The molecule has 3 aromatic rings. The maximum absolute atomic E-state index is 14.9. The van der Waals surface area contributed by atoms with Crippen LogP contribution < -0.4 is 5.32 Å². The predicted molar refractivity (Wildman–Crippen MR) is 97.7 cm³/mol. The van der Waals surface area contributed by atoms with Gasteiger partial charge < -0.3 is 15.0 Å². The molecule has 0 saturated carbocycles. The summed E-state index contributed by atoms with van der Waals surface area (Å²) in [6.45, 7) is 1.07. The zero-order valence-electron chi connectivity index (χ0n) is 15.2. The van der Waals surface area contributed by atoms with Gasteiger partial charge in [0.15, 0.2) is 5.78 Å². The lowest BCUT2D eigenvalue weighted by Crippen LogP contribution is -2.14. The molecule has 0 aliphatic carbocycles. The minimum Gasteiger partial charge on any atom is -0.369 e. The van der Waals surface area contributed by atoms with Crippen molar-refractivity contribution in [3.63, 3.8) is 0 Å². The Labute approximate surface area is 151 Å². The molecule has 5 rings (SSSR count). The number of benzene rings is 2. The first-order chi connectivity index (χ1) is 13.1. The largest absolute Gasteiger partial charge is 0.369 e. The molecule has 2 N–H and O–H groups in total. The number of aromatic amines is 1. The average molecular weight is 351 g/mol. The number of ketones is 1. The highest BCUT2D eigenvalue weighted by Gasteiger charge is 2.24. The van der Waals surface area contributed by atoms with Crippen LogP contribution in [0.4, 0.5) is 4.39 Å². The SMILES string of the molecule is [2H][C@@]1(c2ccc(-c3[nH]c4cccc5c4c3COCC5=O)cc2F)CCCN1. The molecule has 0 bridgehead atoms. The van der Waals surface area contributed by atoms with E-state index in [9.17, 15) is 9.18 Å². The number of H-pyrrole nitrogens is 1. The monoisotopic (exact) mass is 351 g/mol. The van der Waals surface area contributed by atoms with Gasteiger partial charge in [-0.3, -0.25) is 4.79 Å². The molecule has 2 aliphatic heterocycles. The van der Waals surface area contributed by atoms with E-state index in [1.165, 1.54) is 6.07 Å². The Morgan fingerprint density at radius 2 is 2.15 bits per heavy atom. The van der Waals surface area contributed by atoms with Crippen LogP contribution in [0.1, 0.15) is 41.7 Å². The van der Waals surface area contributed by atoms with E-state index in [0.29, 0.717) is 29.7 Å². The number of carbonyl (C=O) groups is 1. The average Bonchev–Trinajstić information content (AvgIpc) is 3.21. The number of hydrogen-bond donors (Lipinski definition) is 2. The van der Waals surface area contributed by atoms with Crippen LogP contribution in [0.25, 0.3) is 22.2 Å². The fraction of sp³-hybridized carbons (Fsp3) is 0.286. The van der Waals surface area contributed by atoms with Gasteiger partial charge in [-0.15, -0.1) is 0 Å². The molecule has 132 valence electrons. The Bertz CT molecular complexity index is 1070. The fourth-order valence-corrected chi connectivity index (χ4v) is 4.00. The summed E-state index contributed by atoms with van der Waals surface area (Å²) in [5.74, 6) is -0.441. The van der Waals surface area contributed by atoms with Gasteiger partial charge in [0.25, 0.3) is 0 Å². The van der Waals surface area contributed by atoms with E-state index in [2.05, 4.69) is 10.3 Å². The van der Waals surface area contributed by atoms with Gasteiger partial charge in [-0.2, -0.15) is 0 Å². The van der Waals surface area contributed by atoms with Crippen molar-refractivity contribution < 1.29 is 15.3 Å². The van der Waals surface area contributed by atoms with E-state index in [1.807, 2.05) is 18.2 Å². The third-order valence-corrected chi connectivity index (χ3v) is 5.23. The fourth-order valence-electron chi connectivity index (χ4n) is 4.00. The van der Waals surface area contributed by atoms with Crippen molar-refractivity contribution in [2.45, 2.75) is 25.5 Å². The summed E-state index contributed by atoms with van der Waals surface area (Å²) in [5.41, 5.74) is 4.18. The molecule has 0 unspecified atom stereocenters. The standard InChI is InChI=1S/C21H19FN2O2/c22-16-9-12(6-7-13(16)17-5-2-8-23-17)21-15-10-26-11-19(25)14-3-1-4-18(24-21)20(14)15/h1,3-4,6-7,9,17,23-24H,2,5,8,10-11H2/t17-/m0/s1/i17D. The van der Waals surface area contributed by atoms with Crippen LogP contribution in [0, 0.1) is 5.82 Å². The molecule has 0 radical (unpaired) electrons. The molecular weight excluding hydrogens is 331 g/mol. The van der Waals surface area contributed by atoms with Crippen LogP contribution in [0.15, 0.2) is 36.4 Å². The Morgan fingerprint density at radius 1 is 1.23 bits per heavy atom. The zero-order chi connectivity index (χ0) is 18.6. The molecule has 1 atom stereocenters. The number of Topliss-reactive ketones (excluding diaryl/α,β-unsaturated/α-hetero) is 1. The molecule has 1 saturated heterocycles. The van der Waals surface area contributed by atoms with Crippen molar-refractivity contribution in [2.75, 3.05) is 13.2 Å². The minimum atomic E-state index is -1.06. The lowest BCUT2D eigenvalue weighted by Gasteiger charge is -2.13. The topological polar surface area (TPSA) is 54.1 Å². The minimum absolute atomic E-state index is 0.0464. The van der Waals surface area contributed by atoms with Gasteiger partial charge in [0.2, 0.25) is 0 Å². The highest BCUT2D eigenvalue weighted by molar-refractivity contribution is 6.11. The molecule has 4 nitrogen and oxygen atoms in total. The Hall–Kier alpha value is -2.50. The van der Waals surface area contributed by atoms with Gasteiger partial charge >= 0.3 is 0 Å². The van der Waals surface area contributed by atoms with Gasteiger partial charge in [-0.05, 0) is 31.5 Å². The molecule has 3 heterocycles. The number of aromatic nitrogens is 1. The molecule has 0 spiro atoms. The van der Waals surface area contributed by atoms with E-state index in [-0.39, 0.29) is 12.4 Å². The molecule has 5 heteroatoms.